The number of alkyl halides is 3. The smallest absolute Gasteiger partial charge is 0.266 e. The molecule has 1 aromatic heterocycles. The molecule has 0 bridgehead atoms. The zero-order valence-electron chi connectivity index (χ0n) is 6.98. The van der Waals surface area contributed by atoms with Crippen molar-refractivity contribution < 1.29 is 18.3 Å². The number of hydrogen-bond acceptors (Lipinski definition) is 2. The van der Waals surface area contributed by atoms with Gasteiger partial charge in [-0.15, -0.1) is 11.6 Å². The maximum atomic E-state index is 13.0. The summed E-state index contributed by atoms with van der Waals surface area (Å²) in [4.78, 5) is 3.36. The standard InChI is InChI=1S/C8H7ClF3NO/c9-1-4-5(10)2-13-6(3-14)7(4)8(11)12/h2,8,14H,1,3H2. The number of rotatable bonds is 3. The van der Waals surface area contributed by atoms with E-state index in [1.807, 2.05) is 0 Å². The minimum Gasteiger partial charge on any atom is -0.390 e. The van der Waals surface area contributed by atoms with E-state index in [4.69, 9.17) is 16.7 Å². The zero-order chi connectivity index (χ0) is 10.7. The first-order valence-electron chi connectivity index (χ1n) is 3.73. The van der Waals surface area contributed by atoms with Gasteiger partial charge in [0.15, 0.2) is 0 Å². The van der Waals surface area contributed by atoms with Gasteiger partial charge < -0.3 is 5.11 Å². The number of pyridine rings is 1. The second kappa shape index (κ2) is 4.61. The van der Waals surface area contributed by atoms with Crippen molar-refractivity contribution >= 4 is 11.6 Å². The van der Waals surface area contributed by atoms with Crippen LogP contribution in [0.2, 0.25) is 0 Å². The Hall–Kier alpha value is -0.810. The van der Waals surface area contributed by atoms with Crippen LogP contribution >= 0.6 is 11.6 Å². The molecule has 0 atom stereocenters. The van der Waals surface area contributed by atoms with Crippen LogP contribution in [-0.2, 0) is 12.5 Å². The lowest BCUT2D eigenvalue weighted by molar-refractivity contribution is 0.144. The van der Waals surface area contributed by atoms with Gasteiger partial charge in [-0.1, -0.05) is 0 Å². The summed E-state index contributed by atoms with van der Waals surface area (Å²) >= 11 is 5.33. The Labute approximate surface area is 83.3 Å². The number of hydrogen-bond donors (Lipinski definition) is 1. The van der Waals surface area contributed by atoms with Gasteiger partial charge in [0.1, 0.15) is 5.82 Å². The van der Waals surface area contributed by atoms with Crippen LogP contribution < -0.4 is 0 Å². The quantitative estimate of drug-likeness (QED) is 0.802. The Balaban J connectivity index is 3.36. The molecule has 14 heavy (non-hydrogen) atoms. The molecule has 0 spiro atoms. The predicted molar refractivity (Wildman–Crippen MR) is 44.6 cm³/mol. The Bertz CT molecular complexity index is 333. The van der Waals surface area contributed by atoms with E-state index in [1.165, 1.54) is 0 Å². The molecule has 0 saturated heterocycles. The van der Waals surface area contributed by atoms with Crippen molar-refractivity contribution in [2.75, 3.05) is 0 Å². The third-order valence-corrected chi connectivity index (χ3v) is 2.03. The van der Waals surface area contributed by atoms with Crippen LogP contribution in [0.3, 0.4) is 0 Å². The first-order valence-corrected chi connectivity index (χ1v) is 4.26. The third-order valence-electron chi connectivity index (χ3n) is 1.76. The summed E-state index contributed by atoms with van der Waals surface area (Å²) in [6, 6.07) is 0. The highest BCUT2D eigenvalue weighted by Crippen LogP contribution is 2.28. The molecule has 0 aliphatic carbocycles. The molecular weight excluding hydrogens is 219 g/mol. The van der Waals surface area contributed by atoms with Gasteiger partial charge in [0.2, 0.25) is 0 Å². The van der Waals surface area contributed by atoms with Gasteiger partial charge in [0, 0.05) is 11.1 Å². The summed E-state index contributed by atoms with van der Waals surface area (Å²) in [5, 5.41) is 8.72. The summed E-state index contributed by atoms with van der Waals surface area (Å²) in [5.41, 5.74) is -1.15. The average molecular weight is 226 g/mol. The van der Waals surface area contributed by atoms with Crippen LogP contribution in [-0.4, -0.2) is 10.1 Å². The minimum absolute atomic E-state index is 0.239. The highest BCUT2D eigenvalue weighted by Gasteiger charge is 2.21. The molecule has 78 valence electrons. The first-order chi connectivity index (χ1) is 6.61. The van der Waals surface area contributed by atoms with Gasteiger partial charge >= 0.3 is 0 Å². The topological polar surface area (TPSA) is 33.1 Å². The zero-order valence-corrected chi connectivity index (χ0v) is 7.73. The monoisotopic (exact) mass is 225 g/mol. The SMILES string of the molecule is OCc1ncc(F)c(CCl)c1C(F)F. The maximum absolute atomic E-state index is 13.0. The number of aliphatic hydroxyl groups excluding tert-OH is 1. The molecule has 1 heterocycles. The van der Waals surface area contributed by atoms with Crippen LogP contribution in [0.4, 0.5) is 13.2 Å². The van der Waals surface area contributed by atoms with Crippen molar-refractivity contribution in [3.05, 3.63) is 28.8 Å². The highest BCUT2D eigenvalue weighted by atomic mass is 35.5. The second-order valence-corrected chi connectivity index (χ2v) is 2.80. The van der Waals surface area contributed by atoms with Crippen LogP contribution in [0.1, 0.15) is 23.2 Å². The van der Waals surface area contributed by atoms with E-state index < -0.39 is 24.4 Å². The fourth-order valence-corrected chi connectivity index (χ4v) is 1.38. The summed E-state index contributed by atoms with van der Waals surface area (Å²) in [7, 11) is 0. The van der Waals surface area contributed by atoms with Crippen molar-refractivity contribution in [3.63, 3.8) is 0 Å². The number of aromatic nitrogens is 1. The molecule has 2 nitrogen and oxygen atoms in total. The first kappa shape index (κ1) is 11.3. The molecular formula is C8H7ClF3NO. The van der Waals surface area contributed by atoms with Gasteiger partial charge in [-0.3, -0.25) is 4.98 Å². The summed E-state index contributed by atoms with van der Waals surface area (Å²) in [5.74, 6) is -1.26. The number of nitrogens with zero attached hydrogens (tertiary/aromatic N) is 1. The van der Waals surface area contributed by atoms with Crippen LogP contribution in [0.25, 0.3) is 0 Å². The Morgan fingerprint density at radius 2 is 2.14 bits per heavy atom. The van der Waals surface area contributed by atoms with Crippen LogP contribution in [0.5, 0.6) is 0 Å². The van der Waals surface area contributed by atoms with E-state index in [0.717, 1.165) is 6.20 Å². The molecule has 0 saturated carbocycles. The van der Waals surface area contributed by atoms with Gasteiger partial charge in [0.25, 0.3) is 6.43 Å². The van der Waals surface area contributed by atoms with E-state index in [-0.39, 0.29) is 17.1 Å². The van der Waals surface area contributed by atoms with Gasteiger partial charge in [-0.25, -0.2) is 13.2 Å². The van der Waals surface area contributed by atoms with Crippen molar-refractivity contribution in [3.8, 4) is 0 Å². The number of aliphatic hydroxyl groups is 1. The van der Waals surface area contributed by atoms with Crippen LogP contribution in [0.15, 0.2) is 6.20 Å². The second-order valence-electron chi connectivity index (χ2n) is 2.54. The van der Waals surface area contributed by atoms with Crippen molar-refractivity contribution in [2.24, 2.45) is 0 Å². The van der Waals surface area contributed by atoms with Crippen molar-refractivity contribution in [1.29, 1.82) is 0 Å². The molecule has 0 amide bonds. The molecule has 1 aromatic rings. The fourth-order valence-electron chi connectivity index (χ4n) is 1.10. The normalized spacial score (nSPS) is 11.0. The largest absolute Gasteiger partial charge is 0.390 e. The molecule has 0 aliphatic rings. The molecule has 1 N–H and O–H groups in total. The highest BCUT2D eigenvalue weighted by molar-refractivity contribution is 6.17. The Morgan fingerprint density at radius 1 is 1.50 bits per heavy atom. The summed E-state index contributed by atoms with van der Waals surface area (Å²) < 4.78 is 37.9. The molecule has 0 fully saturated rings. The van der Waals surface area contributed by atoms with Crippen molar-refractivity contribution in [1.82, 2.24) is 4.98 Å². The van der Waals surface area contributed by atoms with E-state index in [9.17, 15) is 13.2 Å². The fraction of sp³-hybridized carbons (Fsp3) is 0.375. The molecule has 6 heteroatoms. The van der Waals surface area contributed by atoms with Crippen molar-refractivity contribution in [2.45, 2.75) is 18.9 Å². The van der Waals surface area contributed by atoms with Gasteiger partial charge in [0.05, 0.1) is 24.4 Å². The Kier molecular flexibility index (Phi) is 3.71. The summed E-state index contributed by atoms with van der Waals surface area (Å²) in [6.07, 6.45) is -2.12. The molecule has 0 unspecified atom stereocenters. The van der Waals surface area contributed by atoms with Gasteiger partial charge in [-0.05, 0) is 0 Å². The Morgan fingerprint density at radius 3 is 2.57 bits per heavy atom. The van der Waals surface area contributed by atoms with E-state index in [1.54, 1.807) is 0 Å². The van der Waals surface area contributed by atoms with E-state index in [0.29, 0.717) is 0 Å². The lowest BCUT2D eigenvalue weighted by atomic mass is 10.1. The van der Waals surface area contributed by atoms with E-state index in [2.05, 4.69) is 4.98 Å². The molecule has 0 aliphatic heterocycles. The molecule has 0 aromatic carbocycles. The molecule has 0 radical (unpaired) electrons. The average Bonchev–Trinajstić information content (AvgIpc) is 2.17. The van der Waals surface area contributed by atoms with E-state index >= 15 is 0 Å². The summed E-state index contributed by atoms with van der Waals surface area (Å²) in [6.45, 7) is -0.663. The van der Waals surface area contributed by atoms with Crippen LogP contribution in [0, 0.1) is 5.82 Å². The lowest BCUT2D eigenvalue weighted by Gasteiger charge is -2.10. The third kappa shape index (κ3) is 1.99. The minimum atomic E-state index is -2.89. The lowest BCUT2D eigenvalue weighted by Crippen LogP contribution is -2.05. The van der Waals surface area contributed by atoms with Gasteiger partial charge in [-0.2, -0.15) is 0 Å². The predicted octanol–water partition coefficient (Wildman–Crippen LogP) is 2.39. The molecule has 1 rings (SSSR count). The maximum Gasteiger partial charge on any atom is 0.266 e. The number of halogens is 4.